The van der Waals surface area contributed by atoms with E-state index in [0.717, 1.165) is 4.47 Å². The highest BCUT2D eigenvalue weighted by molar-refractivity contribution is 9.10. The second-order valence-electron chi connectivity index (χ2n) is 4.19. The first-order valence-electron chi connectivity index (χ1n) is 5.47. The van der Waals surface area contributed by atoms with Gasteiger partial charge in [-0.2, -0.15) is 0 Å². The van der Waals surface area contributed by atoms with Gasteiger partial charge in [0.25, 0.3) is 5.91 Å². The summed E-state index contributed by atoms with van der Waals surface area (Å²) in [6, 6.07) is 4.66. The molecule has 0 radical (unpaired) electrons. The molecule has 2 aromatic rings. The highest BCUT2D eigenvalue weighted by Crippen LogP contribution is 2.25. The number of benzene rings is 1. The second kappa shape index (κ2) is 5.46. The molecule has 2 rings (SSSR count). The number of carbonyl (C=O) groups excluding carboxylic acids is 1. The third-order valence-electron chi connectivity index (χ3n) is 2.72. The van der Waals surface area contributed by atoms with Crippen molar-refractivity contribution in [2.45, 2.75) is 6.92 Å². The van der Waals surface area contributed by atoms with E-state index in [-0.39, 0.29) is 11.7 Å². The first-order chi connectivity index (χ1) is 8.88. The maximum atomic E-state index is 13.3. The van der Waals surface area contributed by atoms with Crippen molar-refractivity contribution in [2.75, 3.05) is 5.32 Å². The highest BCUT2D eigenvalue weighted by Gasteiger charge is 2.13. The van der Waals surface area contributed by atoms with Crippen LogP contribution in [0.3, 0.4) is 0 Å². The Morgan fingerprint density at radius 1 is 1.32 bits per heavy atom. The monoisotopic (exact) mass is 388 g/mol. The summed E-state index contributed by atoms with van der Waals surface area (Å²) in [4.78, 5) is 12.1. The number of nitrogens with zero attached hydrogens (tertiary/aromatic N) is 1. The van der Waals surface area contributed by atoms with Crippen LogP contribution in [-0.2, 0) is 7.05 Å². The number of amides is 1. The van der Waals surface area contributed by atoms with E-state index in [1.54, 1.807) is 36.9 Å². The van der Waals surface area contributed by atoms with Crippen LogP contribution in [0.5, 0.6) is 0 Å². The quantitative estimate of drug-likeness (QED) is 0.818. The lowest BCUT2D eigenvalue weighted by molar-refractivity contribution is 0.101. The van der Waals surface area contributed by atoms with Gasteiger partial charge in [-0.3, -0.25) is 4.79 Å². The Labute approximate surface area is 127 Å². The van der Waals surface area contributed by atoms with E-state index >= 15 is 0 Å². The van der Waals surface area contributed by atoms with Crippen LogP contribution < -0.4 is 5.32 Å². The van der Waals surface area contributed by atoms with Crippen LogP contribution in [0.15, 0.2) is 33.3 Å². The van der Waals surface area contributed by atoms with E-state index in [9.17, 15) is 9.18 Å². The van der Waals surface area contributed by atoms with E-state index in [0.29, 0.717) is 21.4 Å². The molecule has 1 amide bonds. The molecular weight excluding hydrogens is 379 g/mol. The van der Waals surface area contributed by atoms with Gasteiger partial charge < -0.3 is 9.88 Å². The molecule has 0 fully saturated rings. The van der Waals surface area contributed by atoms with Crippen LogP contribution in [0.25, 0.3) is 0 Å². The zero-order valence-electron chi connectivity index (χ0n) is 10.3. The summed E-state index contributed by atoms with van der Waals surface area (Å²) in [5.41, 5.74) is 1.77. The van der Waals surface area contributed by atoms with Crippen molar-refractivity contribution >= 4 is 43.5 Å². The van der Waals surface area contributed by atoms with Gasteiger partial charge >= 0.3 is 0 Å². The lowest BCUT2D eigenvalue weighted by Crippen LogP contribution is -2.16. The van der Waals surface area contributed by atoms with Crippen molar-refractivity contribution in [2.24, 2.45) is 7.05 Å². The normalized spacial score (nSPS) is 10.6. The number of nitrogens with one attached hydrogen (secondary N) is 1. The molecule has 1 aromatic heterocycles. The molecule has 0 unspecified atom stereocenters. The van der Waals surface area contributed by atoms with Crippen LogP contribution >= 0.6 is 31.9 Å². The molecule has 0 aliphatic heterocycles. The lowest BCUT2D eigenvalue weighted by Gasteiger charge is -2.10. The molecule has 100 valence electrons. The molecule has 3 nitrogen and oxygen atoms in total. The minimum atomic E-state index is -0.350. The summed E-state index contributed by atoms with van der Waals surface area (Å²) in [5, 5.41) is 2.77. The first kappa shape index (κ1) is 14.3. The second-order valence-corrected chi connectivity index (χ2v) is 5.96. The van der Waals surface area contributed by atoms with Crippen molar-refractivity contribution in [3.05, 3.63) is 50.4 Å². The van der Waals surface area contributed by atoms with E-state index in [1.807, 2.05) is 0 Å². The number of carbonyl (C=O) groups is 1. The number of halogens is 3. The molecule has 0 aliphatic carbocycles. The minimum Gasteiger partial charge on any atom is -0.345 e. The molecule has 0 saturated heterocycles. The molecule has 1 heterocycles. The SMILES string of the molecule is Cc1cc(F)c(Br)cc1NC(=O)c1cc(Br)cn1C. The minimum absolute atomic E-state index is 0.241. The van der Waals surface area contributed by atoms with Gasteiger partial charge in [0.15, 0.2) is 0 Å². The predicted molar refractivity (Wildman–Crippen MR) is 79.9 cm³/mol. The van der Waals surface area contributed by atoms with Gasteiger partial charge in [-0.1, -0.05) is 0 Å². The first-order valence-corrected chi connectivity index (χ1v) is 7.06. The zero-order chi connectivity index (χ0) is 14.2. The summed E-state index contributed by atoms with van der Waals surface area (Å²) in [6.45, 7) is 1.74. The summed E-state index contributed by atoms with van der Waals surface area (Å²) in [5.74, 6) is -0.591. The Hall–Kier alpha value is -1.14. The third-order valence-corrected chi connectivity index (χ3v) is 3.76. The van der Waals surface area contributed by atoms with Gasteiger partial charge in [0.2, 0.25) is 0 Å². The summed E-state index contributed by atoms with van der Waals surface area (Å²) in [7, 11) is 1.78. The van der Waals surface area contributed by atoms with Crippen LogP contribution in [-0.4, -0.2) is 10.5 Å². The Kier molecular flexibility index (Phi) is 4.10. The van der Waals surface area contributed by atoms with E-state index < -0.39 is 0 Å². The van der Waals surface area contributed by atoms with Crippen molar-refractivity contribution in [3.63, 3.8) is 0 Å². The fourth-order valence-corrected chi connectivity index (χ4v) is 2.58. The predicted octanol–water partition coefficient (Wildman–Crippen LogP) is 4.25. The number of anilines is 1. The third kappa shape index (κ3) is 3.06. The van der Waals surface area contributed by atoms with Crippen LogP contribution in [0.4, 0.5) is 10.1 Å². The maximum absolute atomic E-state index is 13.3. The number of aromatic nitrogens is 1. The number of rotatable bonds is 2. The van der Waals surface area contributed by atoms with Crippen molar-refractivity contribution in [1.29, 1.82) is 0 Å². The molecule has 0 spiro atoms. The fraction of sp³-hybridized carbons (Fsp3) is 0.154. The summed E-state index contributed by atoms with van der Waals surface area (Å²) < 4.78 is 16.2. The highest BCUT2D eigenvalue weighted by atomic mass is 79.9. The van der Waals surface area contributed by atoms with Crippen LogP contribution in [0, 0.1) is 12.7 Å². The molecular formula is C13H11Br2FN2O. The number of aryl methyl sites for hydroxylation is 2. The number of hydrogen-bond donors (Lipinski definition) is 1. The van der Waals surface area contributed by atoms with Crippen molar-refractivity contribution < 1.29 is 9.18 Å². The Bertz CT molecular complexity index is 652. The van der Waals surface area contributed by atoms with E-state index in [1.165, 1.54) is 6.07 Å². The van der Waals surface area contributed by atoms with E-state index in [4.69, 9.17) is 0 Å². The molecule has 1 aromatic carbocycles. The van der Waals surface area contributed by atoms with Gasteiger partial charge in [-0.15, -0.1) is 0 Å². The molecule has 1 N–H and O–H groups in total. The summed E-state index contributed by atoms with van der Waals surface area (Å²) >= 11 is 6.42. The van der Waals surface area contributed by atoms with Crippen molar-refractivity contribution in [3.8, 4) is 0 Å². The van der Waals surface area contributed by atoms with E-state index in [2.05, 4.69) is 37.2 Å². The molecule has 6 heteroatoms. The fourth-order valence-electron chi connectivity index (χ4n) is 1.72. The topological polar surface area (TPSA) is 34.0 Å². The summed E-state index contributed by atoms with van der Waals surface area (Å²) in [6.07, 6.45) is 1.79. The van der Waals surface area contributed by atoms with Gasteiger partial charge in [0, 0.05) is 23.4 Å². The Balaban J connectivity index is 2.29. The maximum Gasteiger partial charge on any atom is 0.272 e. The average Bonchev–Trinajstić information content (AvgIpc) is 2.65. The molecule has 0 atom stereocenters. The standard InChI is InChI=1S/C13H11Br2FN2O/c1-7-3-10(16)9(15)5-11(7)17-13(19)12-4-8(14)6-18(12)2/h3-6H,1-2H3,(H,17,19). The smallest absolute Gasteiger partial charge is 0.272 e. The van der Waals surface area contributed by atoms with Crippen LogP contribution in [0.2, 0.25) is 0 Å². The van der Waals surface area contributed by atoms with Crippen LogP contribution in [0.1, 0.15) is 16.1 Å². The zero-order valence-corrected chi connectivity index (χ0v) is 13.5. The Morgan fingerprint density at radius 3 is 2.58 bits per heavy atom. The van der Waals surface area contributed by atoms with Gasteiger partial charge in [-0.05, 0) is 62.5 Å². The van der Waals surface area contributed by atoms with Gasteiger partial charge in [-0.25, -0.2) is 4.39 Å². The molecule has 0 saturated carbocycles. The number of hydrogen-bond acceptors (Lipinski definition) is 1. The largest absolute Gasteiger partial charge is 0.345 e. The molecule has 0 bridgehead atoms. The average molecular weight is 390 g/mol. The Morgan fingerprint density at radius 2 is 2.00 bits per heavy atom. The lowest BCUT2D eigenvalue weighted by atomic mass is 10.2. The van der Waals surface area contributed by atoms with Gasteiger partial charge in [0.1, 0.15) is 11.5 Å². The molecule has 19 heavy (non-hydrogen) atoms. The molecule has 0 aliphatic rings. The van der Waals surface area contributed by atoms with Gasteiger partial charge in [0.05, 0.1) is 4.47 Å². The van der Waals surface area contributed by atoms with Crippen molar-refractivity contribution in [1.82, 2.24) is 4.57 Å².